The van der Waals surface area contributed by atoms with Gasteiger partial charge in [0.15, 0.2) is 0 Å². The standard InChI is InChI=1S/C20H23N3O3.C2HF3O2/c24-19(18-4-1-2-8-22-18)23-11-3-7-20(15-23)12-17(14-26-20)25-13-16-5-9-21-10-6-16;3-2(4,5)1(6)7/h1-2,4-6,8-10,17H,3,7,11-15H2;(H,6,7)/t17-,20-;/m0./s1. The summed E-state index contributed by atoms with van der Waals surface area (Å²) in [5, 5.41) is 7.12. The third-order valence-corrected chi connectivity index (χ3v) is 5.36. The van der Waals surface area contributed by atoms with Crippen molar-refractivity contribution in [2.24, 2.45) is 0 Å². The van der Waals surface area contributed by atoms with Crippen LogP contribution in [0.4, 0.5) is 13.2 Å². The van der Waals surface area contributed by atoms with Gasteiger partial charge in [0, 0.05) is 31.6 Å². The van der Waals surface area contributed by atoms with Gasteiger partial charge in [0.25, 0.3) is 5.91 Å². The van der Waals surface area contributed by atoms with Gasteiger partial charge in [0.05, 0.1) is 31.5 Å². The lowest BCUT2D eigenvalue weighted by molar-refractivity contribution is -0.192. The van der Waals surface area contributed by atoms with Crippen molar-refractivity contribution in [2.75, 3.05) is 19.7 Å². The molecule has 2 fully saturated rings. The van der Waals surface area contributed by atoms with Gasteiger partial charge in [-0.05, 0) is 42.7 Å². The van der Waals surface area contributed by atoms with Crippen LogP contribution in [0.5, 0.6) is 0 Å². The number of nitrogens with zero attached hydrogens (tertiary/aromatic N) is 3. The lowest BCUT2D eigenvalue weighted by Crippen LogP contribution is -2.50. The molecule has 0 saturated carbocycles. The number of rotatable bonds is 4. The molecule has 0 aromatic carbocycles. The fourth-order valence-corrected chi connectivity index (χ4v) is 3.81. The van der Waals surface area contributed by atoms with E-state index in [4.69, 9.17) is 19.4 Å². The number of alkyl halides is 3. The van der Waals surface area contributed by atoms with Gasteiger partial charge in [-0.15, -0.1) is 0 Å². The van der Waals surface area contributed by atoms with E-state index in [1.807, 2.05) is 29.2 Å². The number of ether oxygens (including phenoxy) is 2. The number of likely N-dealkylation sites (tertiary alicyclic amines) is 1. The van der Waals surface area contributed by atoms with E-state index >= 15 is 0 Å². The summed E-state index contributed by atoms with van der Waals surface area (Å²) in [6.45, 7) is 2.50. The lowest BCUT2D eigenvalue weighted by atomic mass is 9.89. The van der Waals surface area contributed by atoms with Crippen molar-refractivity contribution in [3.63, 3.8) is 0 Å². The Labute approximate surface area is 188 Å². The maximum Gasteiger partial charge on any atom is 0.490 e. The topological polar surface area (TPSA) is 102 Å². The summed E-state index contributed by atoms with van der Waals surface area (Å²) < 4.78 is 43.9. The van der Waals surface area contributed by atoms with Crippen LogP contribution >= 0.6 is 0 Å². The maximum absolute atomic E-state index is 12.7. The van der Waals surface area contributed by atoms with Gasteiger partial charge < -0.3 is 19.5 Å². The molecule has 4 heterocycles. The molecule has 1 amide bonds. The first kappa shape index (κ1) is 24.6. The molecule has 178 valence electrons. The number of amides is 1. The third kappa shape index (κ3) is 6.96. The fraction of sp³-hybridized carbons (Fsp3) is 0.455. The number of aliphatic carboxylic acids is 1. The Morgan fingerprint density at radius 3 is 2.58 bits per heavy atom. The summed E-state index contributed by atoms with van der Waals surface area (Å²) in [7, 11) is 0. The predicted octanol–water partition coefficient (Wildman–Crippen LogP) is 3.09. The molecule has 2 aromatic heterocycles. The summed E-state index contributed by atoms with van der Waals surface area (Å²) >= 11 is 0. The van der Waals surface area contributed by atoms with E-state index in [9.17, 15) is 18.0 Å². The van der Waals surface area contributed by atoms with E-state index < -0.39 is 12.1 Å². The minimum atomic E-state index is -5.08. The average Bonchev–Trinajstić information content (AvgIpc) is 3.20. The van der Waals surface area contributed by atoms with Crippen LogP contribution in [0.3, 0.4) is 0 Å². The molecule has 33 heavy (non-hydrogen) atoms. The highest BCUT2D eigenvalue weighted by molar-refractivity contribution is 5.92. The number of carbonyl (C=O) groups is 2. The number of carboxylic acids is 1. The van der Waals surface area contributed by atoms with Gasteiger partial charge in [-0.1, -0.05) is 6.07 Å². The number of aromatic nitrogens is 2. The maximum atomic E-state index is 12.7. The number of hydrogen-bond donors (Lipinski definition) is 1. The summed E-state index contributed by atoms with van der Waals surface area (Å²) in [6.07, 6.45) is 2.91. The summed E-state index contributed by atoms with van der Waals surface area (Å²) in [6, 6.07) is 9.34. The second-order valence-corrected chi connectivity index (χ2v) is 7.83. The second kappa shape index (κ2) is 10.7. The zero-order valence-corrected chi connectivity index (χ0v) is 17.7. The summed E-state index contributed by atoms with van der Waals surface area (Å²) in [5.74, 6) is -2.78. The van der Waals surface area contributed by atoms with Crippen molar-refractivity contribution in [3.05, 3.63) is 60.2 Å². The van der Waals surface area contributed by atoms with Crippen molar-refractivity contribution in [2.45, 2.75) is 43.8 Å². The normalized spacial score (nSPS) is 22.5. The van der Waals surface area contributed by atoms with E-state index in [2.05, 4.69) is 9.97 Å². The molecule has 2 aromatic rings. The van der Waals surface area contributed by atoms with Crippen LogP contribution in [0.2, 0.25) is 0 Å². The molecule has 2 atom stereocenters. The average molecular weight is 467 g/mol. The molecule has 2 aliphatic rings. The molecule has 0 bridgehead atoms. The predicted molar refractivity (Wildman–Crippen MR) is 109 cm³/mol. The van der Waals surface area contributed by atoms with Gasteiger partial charge in [0.1, 0.15) is 5.69 Å². The van der Waals surface area contributed by atoms with Gasteiger partial charge in [0.2, 0.25) is 0 Å². The minimum absolute atomic E-state index is 0.0190. The summed E-state index contributed by atoms with van der Waals surface area (Å²) in [4.78, 5) is 31.7. The smallest absolute Gasteiger partial charge is 0.475 e. The molecular weight excluding hydrogens is 443 g/mol. The first-order chi connectivity index (χ1) is 15.7. The zero-order chi connectivity index (χ0) is 23.9. The van der Waals surface area contributed by atoms with E-state index in [-0.39, 0.29) is 17.6 Å². The van der Waals surface area contributed by atoms with Gasteiger partial charge in [-0.2, -0.15) is 13.2 Å². The number of piperidine rings is 1. The van der Waals surface area contributed by atoms with Crippen LogP contribution < -0.4 is 0 Å². The van der Waals surface area contributed by atoms with Crippen LogP contribution in [0.25, 0.3) is 0 Å². The molecule has 0 aliphatic carbocycles. The monoisotopic (exact) mass is 467 g/mol. The quantitative estimate of drug-likeness (QED) is 0.737. The zero-order valence-electron chi connectivity index (χ0n) is 17.7. The Balaban J connectivity index is 0.000000383. The molecular formula is C22H24F3N3O5. The SMILES string of the molecule is O=C(O)C(F)(F)F.O=C(c1ccccn1)N1CCC[C@]2(C[C@H](OCc3ccncc3)CO2)C1. The summed E-state index contributed by atoms with van der Waals surface area (Å²) in [5.41, 5.74) is 1.32. The molecule has 4 rings (SSSR count). The van der Waals surface area contributed by atoms with Crippen LogP contribution in [0, 0.1) is 0 Å². The largest absolute Gasteiger partial charge is 0.490 e. The number of hydrogen-bond acceptors (Lipinski definition) is 6. The van der Waals surface area contributed by atoms with Crippen molar-refractivity contribution in [1.29, 1.82) is 0 Å². The second-order valence-electron chi connectivity index (χ2n) is 7.83. The molecule has 1 N–H and O–H groups in total. The van der Waals surface area contributed by atoms with E-state index in [1.165, 1.54) is 0 Å². The Morgan fingerprint density at radius 1 is 1.21 bits per heavy atom. The first-order valence-corrected chi connectivity index (χ1v) is 10.3. The van der Waals surface area contributed by atoms with E-state index in [1.54, 1.807) is 24.7 Å². The molecule has 11 heteroatoms. The Hall–Kier alpha value is -3.05. The van der Waals surface area contributed by atoms with Crippen molar-refractivity contribution in [1.82, 2.24) is 14.9 Å². The minimum Gasteiger partial charge on any atom is -0.475 e. The van der Waals surface area contributed by atoms with E-state index in [0.717, 1.165) is 31.4 Å². The van der Waals surface area contributed by atoms with Crippen molar-refractivity contribution < 1.29 is 37.3 Å². The fourth-order valence-electron chi connectivity index (χ4n) is 3.81. The molecule has 2 aliphatic heterocycles. The van der Waals surface area contributed by atoms with Gasteiger partial charge >= 0.3 is 12.1 Å². The van der Waals surface area contributed by atoms with Gasteiger partial charge in [-0.3, -0.25) is 14.8 Å². The molecule has 2 saturated heterocycles. The van der Waals surface area contributed by atoms with E-state index in [0.29, 0.717) is 25.5 Å². The van der Waals surface area contributed by atoms with Crippen LogP contribution in [-0.2, 0) is 20.9 Å². The Kier molecular flexibility index (Phi) is 7.98. The van der Waals surface area contributed by atoms with Crippen LogP contribution in [0.15, 0.2) is 48.9 Å². The Bertz CT molecular complexity index is 930. The molecule has 0 unspecified atom stereocenters. The van der Waals surface area contributed by atoms with Crippen molar-refractivity contribution >= 4 is 11.9 Å². The first-order valence-electron chi connectivity index (χ1n) is 10.3. The number of halogens is 3. The van der Waals surface area contributed by atoms with Crippen LogP contribution in [0.1, 0.15) is 35.3 Å². The number of pyridine rings is 2. The lowest BCUT2D eigenvalue weighted by Gasteiger charge is -2.39. The molecule has 0 radical (unpaired) electrons. The van der Waals surface area contributed by atoms with Gasteiger partial charge in [-0.25, -0.2) is 4.79 Å². The molecule has 8 nitrogen and oxygen atoms in total. The number of carboxylic acid groups (broad SMARTS) is 1. The van der Waals surface area contributed by atoms with Crippen molar-refractivity contribution in [3.8, 4) is 0 Å². The van der Waals surface area contributed by atoms with Crippen LogP contribution in [-0.4, -0.2) is 69.4 Å². The molecule has 1 spiro atoms. The number of carbonyl (C=O) groups excluding carboxylic acids is 1. The highest BCUT2D eigenvalue weighted by atomic mass is 19.4. The highest BCUT2D eigenvalue weighted by Gasteiger charge is 2.45. The third-order valence-electron chi connectivity index (χ3n) is 5.36. The highest BCUT2D eigenvalue weighted by Crippen LogP contribution is 2.36. The Morgan fingerprint density at radius 2 is 1.94 bits per heavy atom.